The zero-order chi connectivity index (χ0) is 14.8. The van der Waals surface area contributed by atoms with Crippen molar-refractivity contribution in [3.05, 3.63) is 71.5 Å². The van der Waals surface area contributed by atoms with Crippen LogP contribution in [0.4, 0.5) is 0 Å². The standard InChI is InChI=1S/C16H12ClN3S/c17-14-8-12(16(18)21)6-7-15(14)20-10-13(9-19-20)11-4-2-1-3-5-11/h1-10H,(H2,18,21). The van der Waals surface area contributed by atoms with Gasteiger partial charge in [-0.2, -0.15) is 5.10 Å². The molecule has 3 nitrogen and oxygen atoms in total. The minimum Gasteiger partial charge on any atom is -0.389 e. The summed E-state index contributed by atoms with van der Waals surface area (Å²) in [6.45, 7) is 0. The van der Waals surface area contributed by atoms with Gasteiger partial charge in [0.05, 0.1) is 16.9 Å². The van der Waals surface area contributed by atoms with E-state index in [-0.39, 0.29) is 0 Å². The van der Waals surface area contributed by atoms with Crippen LogP contribution in [0.15, 0.2) is 60.9 Å². The van der Waals surface area contributed by atoms with Crippen molar-refractivity contribution in [2.24, 2.45) is 5.73 Å². The van der Waals surface area contributed by atoms with Crippen LogP contribution in [0.2, 0.25) is 5.02 Å². The number of thiocarbonyl (C=S) groups is 1. The van der Waals surface area contributed by atoms with Crippen LogP contribution in [0.25, 0.3) is 16.8 Å². The Labute approximate surface area is 133 Å². The maximum Gasteiger partial charge on any atom is 0.104 e. The maximum atomic E-state index is 6.29. The Morgan fingerprint density at radius 3 is 2.52 bits per heavy atom. The van der Waals surface area contributed by atoms with Crippen molar-refractivity contribution in [3.8, 4) is 16.8 Å². The maximum absolute atomic E-state index is 6.29. The molecule has 5 heteroatoms. The number of hydrogen-bond acceptors (Lipinski definition) is 2. The lowest BCUT2D eigenvalue weighted by Crippen LogP contribution is -2.09. The molecule has 0 aliphatic rings. The van der Waals surface area contributed by atoms with Gasteiger partial charge in [0.2, 0.25) is 0 Å². The molecule has 2 aromatic carbocycles. The fraction of sp³-hybridized carbons (Fsp3) is 0. The predicted molar refractivity (Wildman–Crippen MR) is 89.9 cm³/mol. The summed E-state index contributed by atoms with van der Waals surface area (Å²) in [7, 11) is 0. The number of nitrogens with two attached hydrogens (primary N) is 1. The van der Waals surface area contributed by atoms with E-state index in [0.717, 1.165) is 22.4 Å². The van der Waals surface area contributed by atoms with Crippen LogP contribution in [0.1, 0.15) is 5.56 Å². The summed E-state index contributed by atoms with van der Waals surface area (Å²) in [6.07, 6.45) is 3.75. The Kier molecular flexibility index (Phi) is 3.73. The third kappa shape index (κ3) is 2.82. The van der Waals surface area contributed by atoms with Gasteiger partial charge in [0.15, 0.2) is 0 Å². The lowest BCUT2D eigenvalue weighted by molar-refractivity contribution is 0.881. The van der Waals surface area contributed by atoms with E-state index in [0.29, 0.717) is 10.0 Å². The molecule has 1 aromatic heterocycles. The van der Waals surface area contributed by atoms with E-state index in [1.165, 1.54) is 0 Å². The van der Waals surface area contributed by atoms with Crippen LogP contribution in [0.5, 0.6) is 0 Å². The molecule has 0 saturated heterocycles. The third-order valence-corrected chi connectivity index (χ3v) is 3.71. The van der Waals surface area contributed by atoms with Crippen LogP contribution in [-0.4, -0.2) is 14.8 Å². The fourth-order valence-corrected chi connectivity index (χ4v) is 2.47. The minimum absolute atomic E-state index is 0.328. The first-order chi connectivity index (χ1) is 10.1. The molecular weight excluding hydrogens is 302 g/mol. The average molecular weight is 314 g/mol. The molecule has 3 rings (SSSR count). The molecule has 0 amide bonds. The van der Waals surface area contributed by atoms with Gasteiger partial charge in [0, 0.05) is 17.3 Å². The minimum atomic E-state index is 0.328. The lowest BCUT2D eigenvalue weighted by Gasteiger charge is -2.06. The molecule has 1 heterocycles. The second-order valence-electron chi connectivity index (χ2n) is 4.57. The number of rotatable bonds is 3. The molecule has 0 bridgehead atoms. The van der Waals surface area contributed by atoms with Crippen LogP contribution >= 0.6 is 23.8 Å². The highest BCUT2D eigenvalue weighted by molar-refractivity contribution is 7.80. The van der Waals surface area contributed by atoms with E-state index in [4.69, 9.17) is 29.6 Å². The van der Waals surface area contributed by atoms with Crippen LogP contribution < -0.4 is 5.73 Å². The summed E-state index contributed by atoms with van der Waals surface area (Å²) in [5.74, 6) is 0. The van der Waals surface area contributed by atoms with Crippen molar-refractivity contribution in [1.29, 1.82) is 0 Å². The van der Waals surface area contributed by atoms with E-state index in [1.54, 1.807) is 10.7 Å². The first kappa shape index (κ1) is 13.8. The van der Waals surface area contributed by atoms with Crippen LogP contribution in [0, 0.1) is 0 Å². The third-order valence-electron chi connectivity index (χ3n) is 3.17. The number of halogens is 1. The molecule has 0 aliphatic carbocycles. The van der Waals surface area contributed by atoms with Gasteiger partial charge in [0.25, 0.3) is 0 Å². The summed E-state index contributed by atoms with van der Waals surface area (Å²) in [6, 6.07) is 15.5. The fourth-order valence-electron chi connectivity index (χ4n) is 2.08. The molecule has 0 fully saturated rings. The van der Waals surface area contributed by atoms with Gasteiger partial charge in [-0.25, -0.2) is 4.68 Å². The SMILES string of the molecule is NC(=S)c1ccc(-n2cc(-c3ccccc3)cn2)c(Cl)c1. The summed E-state index contributed by atoms with van der Waals surface area (Å²) in [5, 5.41) is 4.92. The Morgan fingerprint density at radius 1 is 1.10 bits per heavy atom. The summed E-state index contributed by atoms with van der Waals surface area (Å²) in [4.78, 5) is 0.328. The molecule has 21 heavy (non-hydrogen) atoms. The van der Waals surface area contributed by atoms with Crippen molar-refractivity contribution >= 4 is 28.8 Å². The van der Waals surface area contributed by atoms with Gasteiger partial charge in [-0.1, -0.05) is 54.2 Å². The van der Waals surface area contributed by atoms with E-state index < -0.39 is 0 Å². The first-order valence-electron chi connectivity index (χ1n) is 6.35. The van der Waals surface area contributed by atoms with Gasteiger partial charge >= 0.3 is 0 Å². The topological polar surface area (TPSA) is 43.8 Å². The normalized spacial score (nSPS) is 10.5. The average Bonchev–Trinajstić information content (AvgIpc) is 2.97. The molecule has 0 aliphatic heterocycles. The van der Waals surface area contributed by atoms with Gasteiger partial charge in [0.1, 0.15) is 4.99 Å². The van der Waals surface area contributed by atoms with Crippen molar-refractivity contribution in [3.63, 3.8) is 0 Å². The Morgan fingerprint density at radius 2 is 1.86 bits per heavy atom. The lowest BCUT2D eigenvalue weighted by atomic mass is 10.1. The largest absolute Gasteiger partial charge is 0.389 e. The van der Waals surface area contributed by atoms with Gasteiger partial charge in [-0.3, -0.25) is 0 Å². The summed E-state index contributed by atoms with van der Waals surface area (Å²) in [5.41, 5.74) is 9.28. The number of aromatic nitrogens is 2. The second kappa shape index (κ2) is 5.68. The Balaban J connectivity index is 1.99. The van der Waals surface area contributed by atoms with E-state index in [2.05, 4.69) is 5.10 Å². The summed E-state index contributed by atoms with van der Waals surface area (Å²) < 4.78 is 1.74. The Bertz CT molecular complexity index is 796. The van der Waals surface area contributed by atoms with Gasteiger partial charge in [-0.05, 0) is 23.8 Å². The first-order valence-corrected chi connectivity index (χ1v) is 7.13. The van der Waals surface area contributed by atoms with Crippen molar-refractivity contribution in [2.45, 2.75) is 0 Å². The van der Waals surface area contributed by atoms with E-state index in [1.807, 2.05) is 54.9 Å². The zero-order valence-corrected chi connectivity index (χ0v) is 12.6. The number of hydrogen-bond donors (Lipinski definition) is 1. The highest BCUT2D eigenvalue weighted by Crippen LogP contribution is 2.24. The molecule has 3 aromatic rings. The predicted octanol–water partition coefficient (Wildman–Crippen LogP) is 3.83. The second-order valence-corrected chi connectivity index (χ2v) is 5.42. The van der Waals surface area contributed by atoms with E-state index >= 15 is 0 Å². The van der Waals surface area contributed by atoms with Crippen LogP contribution in [-0.2, 0) is 0 Å². The van der Waals surface area contributed by atoms with E-state index in [9.17, 15) is 0 Å². The quantitative estimate of drug-likeness (QED) is 0.747. The molecule has 0 saturated carbocycles. The Hall–Kier alpha value is -2.17. The molecule has 0 radical (unpaired) electrons. The van der Waals surface area contributed by atoms with Gasteiger partial charge in [-0.15, -0.1) is 0 Å². The van der Waals surface area contributed by atoms with Crippen molar-refractivity contribution in [2.75, 3.05) is 0 Å². The van der Waals surface area contributed by atoms with Crippen molar-refractivity contribution < 1.29 is 0 Å². The molecule has 0 unspecified atom stereocenters. The summed E-state index contributed by atoms with van der Waals surface area (Å²) >= 11 is 11.2. The van der Waals surface area contributed by atoms with Crippen molar-refractivity contribution in [1.82, 2.24) is 9.78 Å². The highest BCUT2D eigenvalue weighted by atomic mass is 35.5. The molecule has 2 N–H and O–H groups in total. The van der Waals surface area contributed by atoms with Crippen LogP contribution in [0.3, 0.4) is 0 Å². The molecule has 0 atom stereocenters. The molecule has 0 spiro atoms. The zero-order valence-electron chi connectivity index (χ0n) is 11.0. The highest BCUT2D eigenvalue weighted by Gasteiger charge is 2.08. The monoisotopic (exact) mass is 313 g/mol. The smallest absolute Gasteiger partial charge is 0.104 e. The number of nitrogens with zero attached hydrogens (tertiary/aromatic N) is 2. The molecular formula is C16H12ClN3S. The number of benzene rings is 2. The molecule has 104 valence electrons. The van der Waals surface area contributed by atoms with Gasteiger partial charge < -0.3 is 5.73 Å².